The second kappa shape index (κ2) is 13.0. The van der Waals surface area contributed by atoms with Crippen molar-refractivity contribution < 1.29 is 19.4 Å². The lowest BCUT2D eigenvalue weighted by molar-refractivity contribution is -0.137. The van der Waals surface area contributed by atoms with E-state index in [4.69, 9.17) is 10.5 Å². The number of rotatable bonds is 11. The standard InChI is InChI=1S/C36H50N4O4/c1-25(42)40-31-13-12-28(26-14-17-38(18-15-26)34(43)21-36(4,5)44-19-16-35(2,3)37)20-32(31)39(23-33(40)27-10-11-27)22-29-8-6-7-9-30(29)24-41/h6-9,12-14,20,27,33,41H,10-11,15-19,21-24,37H2,1-5H3/t33-/m1/s1. The number of hydrogen-bond donors (Lipinski definition) is 2. The molecule has 8 nitrogen and oxygen atoms in total. The van der Waals surface area contributed by atoms with Gasteiger partial charge in [-0.25, -0.2) is 0 Å². The highest BCUT2D eigenvalue weighted by Crippen LogP contribution is 2.45. The Balaban J connectivity index is 1.34. The maximum Gasteiger partial charge on any atom is 0.225 e. The summed E-state index contributed by atoms with van der Waals surface area (Å²) in [6.07, 6.45) is 6.30. The summed E-state index contributed by atoms with van der Waals surface area (Å²) in [5, 5.41) is 9.99. The van der Waals surface area contributed by atoms with Crippen LogP contribution in [0.4, 0.5) is 11.4 Å². The lowest BCUT2D eigenvalue weighted by Crippen LogP contribution is -2.52. The fraction of sp³-hybridized carbons (Fsp3) is 0.556. The minimum Gasteiger partial charge on any atom is -0.392 e. The fourth-order valence-electron chi connectivity index (χ4n) is 6.51. The van der Waals surface area contributed by atoms with Gasteiger partial charge < -0.3 is 30.3 Å². The first-order chi connectivity index (χ1) is 20.8. The number of anilines is 2. The van der Waals surface area contributed by atoms with E-state index < -0.39 is 5.60 Å². The number of carbonyl (C=O) groups excluding carboxylic acids is 2. The Kier molecular flexibility index (Phi) is 9.54. The van der Waals surface area contributed by atoms with Gasteiger partial charge in [0.1, 0.15) is 0 Å². The monoisotopic (exact) mass is 602 g/mol. The normalized spacial score (nSPS) is 19.1. The minimum absolute atomic E-state index is 0.000172. The van der Waals surface area contributed by atoms with Gasteiger partial charge >= 0.3 is 0 Å². The van der Waals surface area contributed by atoms with Crippen molar-refractivity contribution in [1.29, 1.82) is 0 Å². The molecule has 3 aliphatic rings. The van der Waals surface area contributed by atoms with E-state index in [9.17, 15) is 14.7 Å². The van der Waals surface area contributed by atoms with Crippen molar-refractivity contribution in [3.63, 3.8) is 0 Å². The van der Waals surface area contributed by atoms with Gasteiger partial charge in [0.2, 0.25) is 11.8 Å². The Morgan fingerprint density at radius 1 is 1.05 bits per heavy atom. The summed E-state index contributed by atoms with van der Waals surface area (Å²) in [5.74, 6) is 0.699. The third-order valence-electron chi connectivity index (χ3n) is 9.22. The number of nitrogens with two attached hydrogens (primary N) is 1. The van der Waals surface area contributed by atoms with Crippen LogP contribution in [0.25, 0.3) is 5.57 Å². The van der Waals surface area contributed by atoms with Crippen molar-refractivity contribution >= 4 is 28.8 Å². The number of carbonyl (C=O) groups is 2. The lowest BCUT2D eigenvalue weighted by atomic mass is 9.94. The average molecular weight is 603 g/mol. The van der Waals surface area contributed by atoms with Crippen molar-refractivity contribution in [2.24, 2.45) is 11.7 Å². The maximum absolute atomic E-state index is 13.2. The molecule has 0 spiro atoms. The van der Waals surface area contributed by atoms with Crippen LogP contribution in [0.1, 0.15) is 83.4 Å². The van der Waals surface area contributed by atoms with E-state index >= 15 is 0 Å². The molecule has 2 aromatic rings. The highest BCUT2D eigenvalue weighted by molar-refractivity contribution is 5.98. The molecule has 1 atom stereocenters. The van der Waals surface area contributed by atoms with Crippen molar-refractivity contribution in [1.82, 2.24) is 4.90 Å². The molecule has 2 amide bonds. The zero-order valence-corrected chi connectivity index (χ0v) is 27.1. The second-order valence-electron chi connectivity index (χ2n) is 14.1. The molecule has 0 aromatic heterocycles. The molecule has 3 N–H and O–H groups in total. The van der Waals surface area contributed by atoms with Gasteiger partial charge in [-0.1, -0.05) is 36.4 Å². The van der Waals surface area contributed by atoms with Gasteiger partial charge in [0.15, 0.2) is 0 Å². The molecule has 0 saturated heterocycles. The number of hydrogen-bond acceptors (Lipinski definition) is 6. The molecule has 8 heteroatoms. The number of fused-ring (bicyclic) bond motifs is 1. The number of aliphatic hydroxyl groups is 1. The number of amides is 2. The summed E-state index contributed by atoms with van der Waals surface area (Å²) < 4.78 is 6.04. The zero-order valence-electron chi connectivity index (χ0n) is 27.1. The Morgan fingerprint density at radius 2 is 1.77 bits per heavy atom. The summed E-state index contributed by atoms with van der Waals surface area (Å²) in [6, 6.07) is 14.6. The van der Waals surface area contributed by atoms with E-state index in [2.05, 4.69) is 35.2 Å². The van der Waals surface area contributed by atoms with Crippen LogP contribution >= 0.6 is 0 Å². The summed E-state index contributed by atoms with van der Waals surface area (Å²) in [7, 11) is 0. The summed E-state index contributed by atoms with van der Waals surface area (Å²) in [4.78, 5) is 32.5. The number of ether oxygens (including phenoxy) is 1. The highest BCUT2D eigenvalue weighted by Gasteiger charge is 2.42. The van der Waals surface area contributed by atoms with E-state index in [1.54, 1.807) is 6.92 Å². The molecule has 2 heterocycles. The van der Waals surface area contributed by atoms with Crippen LogP contribution in [-0.4, -0.2) is 65.2 Å². The first-order valence-corrected chi connectivity index (χ1v) is 16.1. The van der Waals surface area contributed by atoms with Crippen LogP contribution in [0.3, 0.4) is 0 Å². The smallest absolute Gasteiger partial charge is 0.225 e. The molecule has 44 heavy (non-hydrogen) atoms. The van der Waals surface area contributed by atoms with Gasteiger partial charge in [-0.3, -0.25) is 9.59 Å². The quantitative estimate of drug-likeness (QED) is 0.364. The Bertz CT molecular complexity index is 1390. The van der Waals surface area contributed by atoms with Gasteiger partial charge in [0.05, 0.1) is 36.0 Å². The van der Waals surface area contributed by atoms with E-state index in [1.165, 1.54) is 5.57 Å². The second-order valence-corrected chi connectivity index (χ2v) is 14.1. The molecule has 1 aliphatic carbocycles. The number of nitrogens with zero attached hydrogens (tertiary/aromatic N) is 3. The predicted molar refractivity (Wildman–Crippen MR) is 176 cm³/mol. The maximum atomic E-state index is 13.2. The van der Waals surface area contributed by atoms with E-state index in [0.29, 0.717) is 38.6 Å². The van der Waals surface area contributed by atoms with Crippen molar-refractivity contribution in [3.05, 3.63) is 65.2 Å². The molecule has 238 valence electrons. The van der Waals surface area contributed by atoms with E-state index in [-0.39, 0.29) is 30.0 Å². The first-order valence-electron chi connectivity index (χ1n) is 16.1. The zero-order chi connectivity index (χ0) is 31.6. The number of benzene rings is 2. The van der Waals surface area contributed by atoms with Gasteiger partial charge in [0.25, 0.3) is 0 Å². The molecule has 0 unspecified atom stereocenters. The lowest BCUT2D eigenvalue weighted by Gasteiger charge is -2.44. The van der Waals surface area contributed by atoms with E-state index in [0.717, 1.165) is 60.3 Å². The molecule has 5 rings (SSSR count). The van der Waals surface area contributed by atoms with Crippen molar-refractivity contribution in [2.45, 2.75) is 97.1 Å². The SMILES string of the molecule is CC(=O)N1c2ccc(C3=CCN(C(=O)CC(C)(C)OCCC(C)(C)N)CC3)cc2N(Cc2ccccc2CO)C[C@@H]1C1CC1. The van der Waals surface area contributed by atoms with Gasteiger partial charge in [0, 0.05) is 45.2 Å². The average Bonchev–Trinajstić information content (AvgIpc) is 3.81. The van der Waals surface area contributed by atoms with Crippen LogP contribution in [0, 0.1) is 5.92 Å². The van der Waals surface area contributed by atoms with Crippen LogP contribution < -0.4 is 15.5 Å². The van der Waals surface area contributed by atoms with Gasteiger partial charge in [-0.05, 0) is 93.7 Å². The molecule has 2 aliphatic heterocycles. The fourth-order valence-corrected chi connectivity index (χ4v) is 6.51. The molecular formula is C36H50N4O4. The Labute approximate surface area is 262 Å². The molecule has 2 aromatic carbocycles. The van der Waals surface area contributed by atoms with Gasteiger partial charge in [-0.2, -0.15) is 0 Å². The minimum atomic E-state index is -0.552. The summed E-state index contributed by atoms with van der Waals surface area (Å²) >= 11 is 0. The predicted octanol–water partition coefficient (Wildman–Crippen LogP) is 5.26. The Morgan fingerprint density at radius 3 is 2.39 bits per heavy atom. The third kappa shape index (κ3) is 7.71. The van der Waals surface area contributed by atoms with Crippen LogP contribution in [0.2, 0.25) is 0 Å². The number of aliphatic hydroxyl groups excluding tert-OH is 1. The first kappa shape index (κ1) is 32.2. The molecular weight excluding hydrogens is 552 g/mol. The molecule has 1 fully saturated rings. The third-order valence-corrected chi connectivity index (χ3v) is 9.22. The highest BCUT2D eigenvalue weighted by atomic mass is 16.5. The summed E-state index contributed by atoms with van der Waals surface area (Å²) in [5.41, 5.74) is 11.6. The van der Waals surface area contributed by atoms with Gasteiger partial charge in [-0.15, -0.1) is 0 Å². The van der Waals surface area contributed by atoms with Crippen LogP contribution in [-0.2, 0) is 27.5 Å². The largest absolute Gasteiger partial charge is 0.392 e. The van der Waals surface area contributed by atoms with E-state index in [1.807, 2.05) is 55.7 Å². The molecule has 1 saturated carbocycles. The molecule has 0 radical (unpaired) electrons. The topological polar surface area (TPSA) is 99.3 Å². The van der Waals surface area contributed by atoms with Crippen LogP contribution in [0.5, 0.6) is 0 Å². The van der Waals surface area contributed by atoms with Crippen molar-refractivity contribution in [3.8, 4) is 0 Å². The van der Waals surface area contributed by atoms with Crippen molar-refractivity contribution in [2.75, 3.05) is 36.0 Å². The Hall–Kier alpha value is -3.20. The molecule has 0 bridgehead atoms. The summed E-state index contributed by atoms with van der Waals surface area (Å²) in [6.45, 7) is 12.7. The van der Waals surface area contributed by atoms with Crippen LogP contribution in [0.15, 0.2) is 48.5 Å².